The van der Waals surface area contributed by atoms with Crippen molar-refractivity contribution in [3.05, 3.63) is 29.6 Å². The summed E-state index contributed by atoms with van der Waals surface area (Å²) in [6.45, 7) is 10.2. The zero-order valence-corrected chi connectivity index (χ0v) is 16.7. The molecule has 2 aliphatic rings. The van der Waals surface area contributed by atoms with E-state index in [9.17, 15) is 8.42 Å². The van der Waals surface area contributed by atoms with Crippen molar-refractivity contribution in [1.82, 2.24) is 19.8 Å². The lowest BCUT2D eigenvalue weighted by molar-refractivity contribution is 0.0476. The summed E-state index contributed by atoms with van der Waals surface area (Å²) in [5.74, 6) is 1.14. The van der Waals surface area contributed by atoms with Crippen molar-refractivity contribution in [3.8, 4) is 0 Å². The first-order valence-electron chi connectivity index (χ1n) is 9.24. The molecule has 1 N–H and O–H groups in total. The van der Waals surface area contributed by atoms with Gasteiger partial charge in [0.05, 0.1) is 11.5 Å². The summed E-state index contributed by atoms with van der Waals surface area (Å²) < 4.78 is 24.6. The molecule has 0 bridgehead atoms. The van der Waals surface area contributed by atoms with Crippen LogP contribution in [-0.2, 0) is 16.4 Å². The Bertz CT molecular complexity index is 743. The Labute approximate surface area is 156 Å². The lowest BCUT2D eigenvalue weighted by Gasteiger charge is -2.43. The van der Waals surface area contributed by atoms with Gasteiger partial charge in [-0.05, 0) is 20.8 Å². The Morgan fingerprint density at radius 3 is 2.42 bits per heavy atom. The van der Waals surface area contributed by atoms with Crippen LogP contribution >= 0.6 is 0 Å². The number of aromatic nitrogens is 2. The van der Waals surface area contributed by atoms with Gasteiger partial charge in [0.25, 0.3) is 0 Å². The average molecular weight is 380 g/mol. The Kier molecular flexibility index (Phi) is 5.94. The van der Waals surface area contributed by atoms with E-state index in [1.165, 1.54) is 5.57 Å². The van der Waals surface area contributed by atoms with Crippen LogP contribution in [0.5, 0.6) is 0 Å². The molecule has 2 saturated heterocycles. The van der Waals surface area contributed by atoms with Gasteiger partial charge in [-0.25, -0.2) is 18.4 Å². The average Bonchev–Trinajstić information content (AvgIpc) is 2.91. The number of anilines is 1. The second-order valence-electron chi connectivity index (χ2n) is 7.40. The van der Waals surface area contributed by atoms with E-state index in [1.807, 2.05) is 19.3 Å². The molecule has 8 heteroatoms. The molecule has 1 aromatic heterocycles. The normalized spacial score (nSPS) is 25.7. The Morgan fingerprint density at radius 2 is 1.81 bits per heavy atom. The Hall–Kier alpha value is -1.51. The maximum atomic E-state index is 12.3. The highest BCUT2D eigenvalue weighted by molar-refractivity contribution is 7.91. The number of rotatable bonds is 6. The molecule has 0 aliphatic carbocycles. The molecule has 3 rings (SSSR count). The molecule has 0 unspecified atom stereocenters. The van der Waals surface area contributed by atoms with Gasteiger partial charge in [-0.1, -0.05) is 11.6 Å². The zero-order valence-electron chi connectivity index (χ0n) is 15.9. The fraction of sp³-hybridized carbons (Fsp3) is 0.667. The van der Waals surface area contributed by atoms with E-state index in [-0.39, 0.29) is 23.6 Å². The highest BCUT2D eigenvalue weighted by Gasteiger charge is 2.46. The number of nitrogens with one attached hydrogen (secondary N) is 1. The fourth-order valence-electron chi connectivity index (χ4n) is 3.74. The molecule has 0 saturated carbocycles. The zero-order chi connectivity index (χ0) is 18.7. The first-order valence-corrected chi connectivity index (χ1v) is 11.1. The summed E-state index contributed by atoms with van der Waals surface area (Å²) in [6, 6.07) is 0.124. The van der Waals surface area contributed by atoms with Crippen LogP contribution in [0.4, 0.5) is 5.95 Å². The molecular weight excluding hydrogens is 350 g/mol. The van der Waals surface area contributed by atoms with Gasteiger partial charge in [0.15, 0.2) is 9.84 Å². The van der Waals surface area contributed by atoms with Gasteiger partial charge in [-0.15, -0.1) is 0 Å². The summed E-state index contributed by atoms with van der Waals surface area (Å²) in [4.78, 5) is 13.3. The van der Waals surface area contributed by atoms with Gasteiger partial charge >= 0.3 is 0 Å². The smallest absolute Gasteiger partial charge is 0.222 e. The summed E-state index contributed by atoms with van der Waals surface area (Å²) in [5.41, 5.74) is 2.29. The predicted molar refractivity (Wildman–Crippen MR) is 104 cm³/mol. The van der Waals surface area contributed by atoms with Gasteiger partial charge in [0.2, 0.25) is 5.95 Å². The highest BCUT2D eigenvalue weighted by Crippen LogP contribution is 2.28. The van der Waals surface area contributed by atoms with E-state index < -0.39 is 9.84 Å². The summed E-state index contributed by atoms with van der Waals surface area (Å²) in [7, 11) is -2.98. The Balaban J connectivity index is 1.72. The van der Waals surface area contributed by atoms with Gasteiger partial charge in [0, 0.05) is 62.8 Å². The number of sulfone groups is 1. The number of hydrogen-bond acceptors (Lipinski definition) is 7. The first-order chi connectivity index (χ1) is 12.4. The van der Waals surface area contributed by atoms with Crippen molar-refractivity contribution in [2.75, 3.05) is 43.0 Å². The van der Waals surface area contributed by atoms with Crippen LogP contribution in [0.25, 0.3) is 0 Å². The molecule has 1 aromatic rings. The number of hydrogen-bond donors (Lipinski definition) is 1. The molecule has 2 fully saturated rings. The number of nitrogens with zero attached hydrogens (tertiary/aromatic N) is 4. The van der Waals surface area contributed by atoms with Crippen molar-refractivity contribution in [3.63, 3.8) is 0 Å². The van der Waals surface area contributed by atoms with Gasteiger partial charge in [-0.2, -0.15) is 0 Å². The number of allylic oxidation sites excluding steroid dienone is 1. The van der Waals surface area contributed by atoms with Crippen molar-refractivity contribution >= 4 is 15.8 Å². The minimum absolute atomic E-state index is 0.0488. The van der Waals surface area contributed by atoms with E-state index in [4.69, 9.17) is 0 Å². The fourth-order valence-corrected chi connectivity index (χ4v) is 5.78. The van der Waals surface area contributed by atoms with Gasteiger partial charge in [0.1, 0.15) is 0 Å². The van der Waals surface area contributed by atoms with Crippen LogP contribution in [0.15, 0.2) is 24.0 Å². The molecule has 0 radical (unpaired) electrons. The van der Waals surface area contributed by atoms with Crippen molar-refractivity contribution in [1.29, 1.82) is 0 Å². The maximum Gasteiger partial charge on any atom is 0.222 e. The van der Waals surface area contributed by atoms with Gasteiger partial charge < -0.3 is 5.32 Å². The molecular formula is C18H29N5O2S. The number of fused-ring (bicyclic) bond motifs is 1. The first kappa shape index (κ1) is 19.3. The van der Waals surface area contributed by atoms with Crippen molar-refractivity contribution in [2.45, 2.75) is 39.4 Å². The lowest BCUT2D eigenvalue weighted by Crippen LogP contribution is -2.58. The van der Waals surface area contributed by atoms with E-state index in [1.54, 1.807) is 0 Å². The minimum atomic E-state index is -2.98. The summed E-state index contributed by atoms with van der Waals surface area (Å²) >= 11 is 0. The van der Waals surface area contributed by atoms with Crippen LogP contribution in [0.3, 0.4) is 0 Å². The van der Waals surface area contributed by atoms with Gasteiger partial charge in [-0.3, -0.25) is 9.80 Å². The topological polar surface area (TPSA) is 78.4 Å². The second kappa shape index (κ2) is 8.02. The number of piperazine rings is 1. The molecule has 26 heavy (non-hydrogen) atoms. The third-order valence-electron chi connectivity index (χ3n) is 5.07. The minimum Gasteiger partial charge on any atom is -0.355 e. The third kappa shape index (κ3) is 4.61. The van der Waals surface area contributed by atoms with Crippen molar-refractivity contribution in [2.24, 2.45) is 0 Å². The van der Waals surface area contributed by atoms with Crippen LogP contribution in [-0.4, -0.2) is 78.0 Å². The molecule has 7 nitrogen and oxygen atoms in total. The van der Waals surface area contributed by atoms with Crippen LogP contribution in [0, 0.1) is 0 Å². The summed E-state index contributed by atoms with van der Waals surface area (Å²) in [6.07, 6.45) is 5.85. The van der Waals surface area contributed by atoms with Crippen LogP contribution in [0.1, 0.15) is 26.3 Å². The maximum absolute atomic E-state index is 12.3. The Morgan fingerprint density at radius 1 is 1.19 bits per heavy atom. The molecule has 2 aliphatic heterocycles. The standard InChI is InChI=1S/C18H29N5O2S/c1-4-19-18-20-9-15(10-21-18)11-23-8-7-22(6-5-14(2)3)16-12-26(24,25)13-17(16)23/h5,9-10,16-17H,4,6-8,11-13H2,1-3H3,(H,19,20,21)/t16-,17+/m0/s1. The van der Waals surface area contributed by atoms with Crippen molar-refractivity contribution < 1.29 is 8.42 Å². The lowest BCUT2D eigenvalue weighted by atomic mass is 10.0. The predicted octanol–water partition coefficient (Wildman–Crippen LogP) is 1.16. The van der Waals surface area contributed by atoms with E-state index in [0.29, 0.717) is 12.5 Å². The largest absolute Gasteiger partial charge is 0.355 e. The van der Waals surface area contributed by atoms with E-state index >= 15 is 0 Å². The molecule has 2 atom stereocenters. The molecule has 0 aromatic carbocycles. The van der Waals surface area contributed by atoms with Crippen LogP contribution < -0.4 is 5.32 Å². The monoisotopic (exact) mass is 379 g/mol. The van der Waals surface area contributed by atoms with Crippen LogP contribution in [0.2, 0.25) is 0 Å². The van der Waals surface area contributed by atoms with E-state index in [0.717, 1.165) is 31.7 Å². The molecule has 144 valence electrons. The molecule has 0 amide bonds. The third-order valence-corrected chi connectivity index (χ3v) is 6.76. The molecule has 3 heterocycles. The summed E-state index contributed by atoms with van der Waals surface area (Å²) in [5, 5.41) is 3.09. The SMILES string of the molecule is CCNc1ncc(CN2CCN(CC=C(C)C)[C@H]3CS(=O)(=O)C[C@H]32)cn1. The second-order valence-corrected chi connectivity index (χ2v) is 9.56. The molecule has 0 spiro atoms. The highest BCUT2D eigenvalue weighted by atomic mass is 32.2. The van der Waals surface area contributed by atoms with E-state index in [2.05, 4.69) is 45.0 Å². The quantitative estimate of drug-likeness (QED) is 0.743.